The van der Waals surface area contributed by atoms with Gasteiger partial charge in [0.15, 0.2) is 11.5 Å². The van der Waals surface area contributed by atoms with Gasteiger partial charge in [0.2, 0.25) is 0 Å². The van der Waals surface area contributed by atoms with E-state index >= 15 is 0 Å². The molecular formula is C17H12ClN3O4. The first-order chi connectivity index (χ1) is 11.9. The van der Waals surface area contributed by atoms with Gasteiger partial charge in [0, 0.05) is 23.8 Å². The smallest absolute Gasteiger partial charge is 0.277 e. The van der Waals surface area contributed by atoms with Gasteiger partial charge in [-0.25, -0.2) is 0 Å². The van der Waals surface area contributed by atoms with Crippen molar-refractivity contribution in [1.82, 2.24) is 5.16 Å². The SMILES string of the molecule is Cc1ccc(-c2cc(C(=O)Nc3ccc([N+](=O)[O-])cc3Cl)no2)cc1. The van der Waals surface area contributed by atoms with Crippen molar-refractivity contribution in [1.29, 1.82) is 0 Å². The Hall–Kier alpha value is -3.19. The van der Waals surface area contributed by atoms with Gasteiger partial charge >= 0.3 is 0 Å². The van der Waals surface area contributed by atoms with Crippen molar-refractivity contribution in [2.24, 2.45) is 0 Å². The summed E-state index contributed by atoms with van der Waals surface area (Å²) in [5, 5.41) is 17.1. The number of carbonyl (C=O) groups is 1. The highest BCUT2D eigenvalue weighted by molar-refractivity contribution is 6.34. The van der Waals surface area contributed by atoms with Crippen LogP contribution in [0.5, 0.6) is 0 Å². The van der Waals surface area contributed by atoms with Crippen molar-refractivity contribution in [3.05, 3.63) is 74.9 Å². The number of nitrogens with zero attached hydrogens (tertiary/aromatic N) is 2. The third-order valence-corrected chi connectivity index (χ3v) is 3.80. The second-order valence-corrected chi connectivity index (χ2v) is 5.73. The van der Waals surface area contributed by atoms with E-state index in [2.05, 4.69) is 10.5 Å². The first-order valence-electron chi connectivity index (χ1n) is 7.23. The molecule has 0 bridgehead atoms. The topological polar surface area (TPSA) is 98.3 Å². The monoisotopic (exact) mass is 357 g/mol. The second kappa shape index (κ2) is 6.74. The number of anilines is 1. The summed E-state index contributed by atoms with van der Waals surface area (Å²) in [5.74, 6) is -0.0715. The van der Waals surface area contributed by atoms with Gasteiger partial charge in [-0.15, -0.1) is 0 Å². The van der Waals surface area contributed by atoms with Crippen molar-refractivity contribution in [2.45, 2.75) is 6.92 Å². The maximum atomic E-state index is 12.3. The van der Waals surface area contributed by atoms with E-state index in [1.807, 2.05) is 31.2 Å². The number of hydrogen-bond donors (Lipinski definition) is 1. The summed E-state index contributed by atoms with van der Waals surface area (Å²) in [5.41, 5.74) is 2.06. The van der Waals surface area contributed by atoms with E-state index in [1.54, 1.807) is 0 Å². The van der Waals surface area contributed by atoms with Crippen LogP contribution in [0.2, 0.25) is 5.02 Å². The third kappa shape index (κ3) is 3.67. The minimum atomic E-state index is -0.567. The van der Waals surface area contributed by atoms with E-state index < -0.39 is 10.8 Å². The number of nitro groups is 1. The summed E-state index contributed by atoms with van der Waals surface area (Å²) < 4.78 is 5.20. The van der Waals surface area contributed by atoms with E-state index in [-0.39, 0.29) is 22.1 Å². The van der Waals surface area contributed by atoms with Gasteiger partial charge in [0.25, 0.3) is 11.6 Å². The van der Waals surface area contributed by atoms with Crippen molar-refractivity contribution < 1.29 is 14.2 Å². The summed E-state index contributed by atoms with van der Waals surface area (Å²) in [6, 6.07) is 12.9. The predicted molar refractivity (Wildman–Crippen MR) is 92.7 cm³/mol. The second-order valence-electron chi connectivity index (χ2n) is 5.32. The zero-order valence-corrected chi connectivity index (χ0v) is 13.8. The number of nitrogens with one attached hydrogen (secondary N) is 1. The van der Waals surface area contributed by atoms with Crippen LogP contribution in [0.15, 0.2) is 53.1 Å². The molecule has 0 aliphatic heterocycles. The Morgan fingerprint density at radius 3 is 2.56 bits per heavy atom. The number of aryl methyl sites for hydroxylation is 1. The number of rotatable bonds is 4. The van der Waals surface area contributed by atoms with Crippen LogP contribution in [-0.4, -0.2) is 16.0 Å². The lowest BCUT2D eigenvalue weighted by molar-refractivity contribution is -0.384. The molecule has 0 radical (unpaired) electrons. The molecular weight excluding hydrogens is 346 g/mol. The normalized spacial score (nSPS) is 10.5. The molecule has 0 spiro atoms. The van der Waals surface area contributed by atoms with E-state index in [1.165, 1.54) is 18.2 Å². The van der Waals surface area contributed by atoms with Gasteiger partial charge < -0.3 is 9.84 Å². The third-order valence-electron chi connectivity index (χ3n) is 3.49. The number of nitro benzene ring substituents is 1. The highest BCUT2D eigenvalue weighted by Crippen LogP contribution is 2.27. The van der Waals surface area contributed by atoms with Crippen molar-refractivity contribution in [2.75, 3.05) is 5.32 Å². The fraction of sp³-hybridized carbons (Fsp3) is 0.0588. The largest absolute Gasteiger partial charge is 0.355 e. The van der Waals surface area contributed by atoms with E-state index in [0.29, 0.717) is 5.76 Å². The summed E-state index contributed by atoms with van der Waals surface area (Å²) in [6.45, 7) is 1.97. The summed E-state index contributed by atoms with van der Waals surface area (Å²) in [7, 11) is 0. The van der Waals surface area contributed by atoms with Crippen LogP contribution in [0.25, 0.3) is 11.3 Å². The first kappa shape index (κ1) is 16.7. The Labute approximate surface area is 147 Å². The number of benzene rings is 2. The van der Waals surface area contributed by atoms with Crippen molar-refractivity contribution >= 4 is 28.9 Å². The molecule has 2 aromatic carbocycles. The Kier molecular flexibility index (Phi) is 4.49. The molecule has 7 nitrogen and oxygen atoms in total. The van der Waals surface area contributed by atoms with E-state index in [9.17, 15) is 14.9 Å². The molecule has 0 unspecified atom stereocenters. The lowest BCUT2D eigenvalue weighted by atomic mass is 10.1. The zero-order valence-electron chi connectivity index (χ0n) is 13.0. The number of hydrogen-bond acceptors (Lipinski definition) is 5. The predicted octanol–water partition coefficient (Wildman–Crippen LogP) is 4.46. The highest BCUT2D eigenvalue weighted by atomic mass is 35.5. The van der Waals surface area contributed by atoms with Gasteiger partial charge in [-0.3, -0.25) is 14.9 Å². The first-order valence-corrected chi connectivity index (χ1v) is 7.61. The van der Waals surface area contributed by atoms with Crippen LogP contribution in [0.4, 0.5) is 11.4 Å². The number of amides is 1. The molecule has 0 atom stereocenters. The molecule has 25 heavy (non-hydrogen) atoms. The molecule has 3 rings (SSSR count). The quantitative estimate of drug-likeness (QED) is 0.549. The molecule has 3 aromatic rings. The molecule has 126 valence electrons. The summed E-state index contributed by atoms with van der Waals surface area (Å²) in [4.78, 5) is 22.4. The average Bonchev–Trinajstić information content (AvgIpc) is 3.07. The Morgan fingerprint density at radius 1 is 1.20 bits per heavy atom. The fourth-order valence-electron chi connectivity index (χ4n) is 2.14. The van der Waals surface area contributed by atoms with Gasteiger partial charge in [-0.05, 0) is 13.0 Å². The Bertz CT molecular complexity index is 951. The standard InChI is InChI=1S/C17H12ClN3O4/c1-10-2-4-11(5-3-10)16-9-15(20-25-16)17(22)19-14-7-6-12(21(23)24)8-13(14)18/h2-9H,1H3,(H,19,22). The van der Waals surface area contributed by atoms with Crippen LogP contribution in [0.1, 0.15) is 16.1 Å². The number of halogens is 1. The van der Waals surface area contributed by atoms with Crippen molar-refractivity contribution in [3.63, 3.8) is 0 Å². The van der Waals surface area contributed by atoms with Gasteiger partial charge in [0.05, 0.1) is 15.6 Å². The molecule has 0 fully saturated rings. The molecule has 1 heterocycles. The molecule has 0 saturated carbocycles. The molecule has 1 N–H and O–H groups in total. The zero-order chi connectivity index (χ0) is 18.0. The van der Waals surface area contributed by atoms with Gasteiger partial charge in [-0.1, -0.05) is 46.6 Å². The highest BCUT2D eigenvalue weighted by Gasteiger charge is 2.16. The number of non-ortho nitro benzene ring substituents is 1. The van der Waals surface area contributed by atoms with E-state index in [4.69, 9.17) is 16.1 Å². The van der Waals surface area contributed by atoms with Crippen molar-refractivity contribution in [3.8, 4) is 11.3 Å². The van der Waals surface area contributed by atoms with E-state index in [0.717, 1.165) is 17.2 Å². The lowest BCUT2D eigenvalue weighted by Crippen LogP contribution is -2.12. The maximum absolute atomic E-state index is 12.3. The Balaban J connectivity index is 1.78. The van der Waals surface area contributed by atoms with Crippen LogP contribution >= 0.6 is 11.6 Å². The minimum absolute atomic E-state index is 0.0600. The number of aromatic nitrogens is 1. The van der Waals surface area contributed by atoms with Crippen LogP contribution in [0, 0.1) is 17.0 Å². The lowest BCUT2D eigenvalue weighted by Gasteiger charge is -2.04. The van der Waals surface area contributed by atoms with Gasteiger partial charge in [-0.2, -0.15) is 0 Å². The molecule has 1 aromatic heterocycles. The van der Waals surface area contributed by atoms with Gasteiger partial charge in [0.1, 0.15) is 0 Å². The summed E-state index contributed by atoms with van der Waals surface area (Å²) >= 11 is 5.96. The van der Waals surface area contributed by atoms with Crippen LogP contribution in [0.3, 0.4) is 0 Å². The number of carbonyl (C=O) groups excluding carboxylic acids is 1. The molecule has 0 aliphatic rings. The Morgan fingerprint density at radius 2 is 1.92 bits per heavy atom. The molecule has 1 amide bonds. The summed E-state index contributed by atoms with van der Waals surface area (Å²) in [6.07, 6.45) is 0. The molecule has 0 aliphatic carbocycles. The maximum Gasteiger partial charge on any atom is 0.277 e. The fourth-order valence-corrected chi connectivity index (χ4v) is 2.36. The van der Waals surface area contributed by atoms with Crippen LogP contribution < -0.4 is 5.32 Å². The molecule has 0 saturated heterocycles. The average molecular weight is 358 g/mol. The minimum Gasteiger partial charge on any atom is -0.355 e. The van der Waals surface area contributed by atoms with Crippen LogP contribution in [-0.2, 0) is 0 Å². The molecule has 8 heteroatoms.